The van der Waals surface area contributed by atoms with E-state index in [-0.39, 0.29) is 5.91 Å². The monoisotopic (exact) mass is 323 g/mol. The summed E-state index contributed by atoms with van der Waals surface area (Å²) in [4.78, 5) is 24.0. The molecule has 1 amide bonds. The lowest BCUT2D eigenvalue weighted by Crippen LogP contribution is -2.29. The number of carbonyl (C=O) groups is 2. The first kappa shape index (κ1) is 17.5. The highest BCUT2D eigenvalue weighted by Gasteiger charge is 2.17. The molecule has 0 saturated carbocycles. The second-order valence-corrected chi connectivity index (χ2v) is 5.56. The zero-order valence-electron chi connectivity index (χ0n) is 14.1. The Kier molecular flexibility index (Phi) is 5.90. The van der Waals surface area contributed by atoms with E-state index in [2.05, 4.69) is 5.32 Å². The van der Waals surface area contributed by atoms with Crippen LogP contribution in [0.1, 0.15) is 23.6 Å². The molecule has 0 heterocycles. The maximum Gasteiger partial charge on any atom is 0.331 e. The topological polar surface area (TPSA) is 55.4 Å². The molecule has 0 aromatic heterocycles. The van der Waals surface area contributed by atoms with Gasteiger partial charge < -0.3 is 10.1 Å². The summed E-state index contributed by atoms with van der Waals surface area (Å²) in [7, 11) is 0. The molecule has 1 N–H and O–H groups in total. The van der Waals surface area contributed by atoms with Crippen molar-refractivity contribution in [3.05, 3.63) is 71.3 Å². The summed E-state index contributed by atoms with van der Waals surface area (Å²) in [6.45, 7) is 5.46. The Hall–Kier alpha value is -2.88. The second-order valence-electron chi connectivity index (χ2n) is 5.56. The van der Waals surface area contributed by atoms with Gasteiger partial charge in [0.1, 0.15) is 0 Å². The van der Waals surface area contributed by atoms with Crippen LogP contribution in [0.5, 0.6) is 0 Å². The number of hydrogen-bond acceptors (Lipinski definition) is 3. The highest BCUT2D eigenvalue weighted by Crippen LogP contribution is 2.18. The van der Waals surface area contributed by atoms with Crippen LogP contribution in [0.15, 0.2) is 54.6 Å². The molecule has 0 bridgehead atoms. The van der Waals surface area contributed by atoms with E-state index < -0.39 is 12.1 Å². The average molecular weight is 323 g/mol. The van der Waals surface area contributed by atoms with Gasteiger partial charge in [0.2, 0.25) is 0 Å². The summed E-state index contributed by atoms with van der Waals surface area (Å²) in [6.07, 6.45) is 2.09. The Bertz CT molecular complexity index is 751. The Balaban J connectivity index is 1.92. The molecule has 0 saturated heterocycles. The Morgan fingerprint density at radius 1 is 1.04 bits per heavy atom. The molecule has 4 heteroatoms. The van der Waals surface area contributed by atoms with Gasteiger partial charge in [0.15, 0.2) is 6.10 Å². The maximum atomic E-state index is 12.2. The van der Waals surface area contributed by atoms with Crippen molar-refractivity contribution in [1.29, 1.82) is 0 Å². The van der Waals surface area contributed by atoms with Crippen molar-refractivity contribution >= 4 is 23.6 Å². The zero-order chi connectivity index (χ0) is 17.5. The van der Waals surface area contributed by atoms with E-state index in [9.17, 15) is 9.59 Å². The van der Waals surface area contributed by atoms with Crippen molar-refractivity contribution in [3.8, 4) is 0 Å². The van der Waals surface area contributed by atoms with E-state index in [0.29, 0.717) is 0 Å². The molecule has 0 spiro atoms. The smallest absolute Gasteiger partial charge is 0.331 e. The van der Waals surface area contributed by atoms with Crippen molar-refractivity contribution in [1.82, 2.24) is 0 Å². The number of esters is 1. The van der Waals surface area contributed by atoms with Gasteiger partial charge in [-0.1, -0.05) is 42.5 Å². The van der Waals surface area contributed by atoms with Crippen LogP contribution in [0.25, 0.3) is 6.08 Å². The third kappa shape index (κ3) is 4.81. The number of amides is 1. The van der Waals surface area contributed by atoms with Gasteiger partial charge in [-0.3, -0.25) is 4.79 Å². The number of nitrogens with one attached hydrogen (secondary N) is 1. The lowest BCUT2D eigenvalue weighted by atomic mass is 10.1. The minimum Gasteiger partial charge on any atom is -0.449 e. The fraction of sp³-hybridized carbons (Fsp3) is 0.200. The molecule has 2 rings (SSSR count). The molecule has 124 valence electrons. The van der Waals surface area contributed by atoms with E-state index in [0.717, 1.165) is 22.4 Å². The van der Waals surface area contributed by atoms with Gasteiger partial charge in [0, 0.05) is 11.8 Å². The number of hydrogen-bond donors (Lipinski definition) is 1. The molecular weight excluding hydrogens is 302 g/mol. The van der Waals surface area contributed by atoms with E-state index in [1.54, 1.807) is 13.0 Å². The van der Waals surface area contributed by atoms with Crippen molar-refractivity contribution in [2.24, 2.45) is 0 Å². The fourth-order valence-corrected chi connectivity index (χ4v) is 2.12. The molecule has 0 unspecified atom stereocenters. The second kappa shape index (κ2) is 8.11. The third-order valence-electron chi connectivity index (χ3n) is 3.74. The standard InChI is InChI=1S/C20H21NO3/c1-14-8-7-11-18(15(14)2)21-20(23)16(3)24-19(22)13-12-17-9-5-4-6-10-17/h4-13,16H,1-3H3,(H,21,23)/b13-12+/t16-/m0/s1. The normalized spacial score (nSPS) is 12.0. The first-order valence-corrected chi connectivity index (χ1v) is 7.78. The third-order valence-corrected chi connectivity index (χ3v) is 3.74. The van der Waals surface area contributed by atoms with E-state index in [1.807, 2.05) is 62.4 Å². The summed E-state index contributed by atoms with van der Waals surface area (Å²) in [5, 5.41) is 2.79. The predicted octanol–water partition coefficient (Wildman–Crippen LogP) is 3.89. The molecule has 0 aliphatic rings. The molecule has 0 aliphatic heterocycles. The van der Waals surface area contributed by atoms with E-state index >= 15 is 0 Å². The number of anilines is 1. The minimum atomic E-state index is -0.877. The number of ether oxygens (including phenoxy) is 1. The largest absolute Gasteiger partial charge is 0.449 e. The molecular formula is C20H21NO3. The van der Waals surface area contributed by atoms with Gasteiger partial charge in [-0.05, 0) is 49.6 Å². The van der Waals surface area contributed by atoms with Crippen LogP contribution in [0.3, 0.4) is 0 Å². The van der Waals surface area contributed by atoms with Gasteiger partial charge in [-0.2, -0.15) is 0 Å². The van der Waals surface area contributed by atoms with Gasteiger partial charge in [-0.25, -0.2) is 4.79 Å². The quantitative estimate of drug-likeness (QED) is 0.671. The van der Waals surface area contributed by atoms with Crippen LogP contribution in [-0.4, -0.2) is 18.0 Å². The van der Waals surface area contributed by atoms with Gasteiger partial charge in [0.25, 0.3) is 5.91 Å². The van der Waals surface area contributed by atoms with Crippen LogP contribution in [0.2, 0.25) is 0 Å². The minimum absolute atomic E-state index is 0.356. The molecule has 1 atom stereocenters. The van der Waals surface area contributed by atoms with Crippen molar-refractivity contribution in [2.45, 2.75) is 26.9 Å². The summed E-state index contributed by atoms with van der Waals surface area (Å²) in [5.74, 6) is -0.910. The summed E-state index contributed by atoms with van der Waals surface area (Å²) in [5.41, 5.74) is 3.70. The van der Waals surface area contributed by atoms with Crippen LogP contribution in [-0.2, 0) is 14.3 Å². The molecule has 0 radical (unpaired) electrons. The van der Waals surface area contributed by atoms with Crippen LogP contribution >= 0.6 is 0 Å². The molecule has 2 aromatic rings. The first-order chi connectivity index (χ1) is 11.5. The highest BCUT2D eigenvalue weighted by atomic mass is 16.5. The predicted molar refractivity (Wildman–Crippen MR) is 95.6 cm³/mol. The molecule has 0 fully saturated rings. The average Bonchev–Trinajstić information content (AvgIpc) is 2.58. The molecule has 24 heavy (non-hydrogen) atoms. The molecule has 2 aromatic carbocycles. The Morgan fingerprint density at radius 2 is 1.75 bits per heavy atom. The SMILES string of the molecule is Cc1cccc(NC(=O)[C@H](C)OC(=O)/C=C/c2ccccc2)c1C. The van der Waals surface area contributed by atoms with E-state index in [1.165, 1.54) is 6.08 Å². The number of benzene rings is 2. The number of aryl methyl sites for hydroxylation is 1. The number of carbonyl (C=O) groups excluding carboxylic acids is 2. The highest BCUT2D eigenvalue weighted by molar-refractivity contribution is 5.97. The van der Waals surface area contributed by atoms with Crippen molar-refractivity contribution in [2.75, 3.05) is 5.32 Å². The van der Waals surface area contributed by atoms with Crippen molar-refractivity contribution in [3.63, 3.8) is 0 Å². The van der Waals surface area contributed by atoms with Crippen molar-refractivity contribution < 1.29 is 14.3 Å². The zero-order valence-corrected chi connectivity index (χ0v) is 14.1. The first-order valence-electron chi connectivity index (χ1n) is 7.78. The van der Waals surface area contributed by atoms with Crippen LogP contribution < -0.4 is 5.32 Å². The Labute approximate surface area is 142 Å². The van der Waals surface area contributed by atoms with Gasteiger partial charge >= 0.3 is 5.97 Å². The van der Waals surface area contributed by atoms with E-state index in [4.69, 9.17) is 4.74 Å². The van der Waals surface area contributed by atoms with Crippen LogP contribution in [0.4, 0.5) is 5.69 Å². The van der Waals surface area contributed by atoms with Gasteiger partial charge in [-0.15, -0.1) is 0 Å². The van der Waals surface area contributed by atoms with Crippen LogP contribution in [0, 0.1) is 13.8 Å². The fourth-order valence-electron chi connectivity index (χ4n) is 2.12. The lowest BCUT2D eigenvalue weighted by Gasteiger charge is -2.14. The summed E-state index contributed by atoms with van der Waals surface area (Å²) >= 11 is 0. The summed E-state index contributed by atoms with van der Waals surface area (Å²) in [6, 6.07) is 15.1. The molecule has 4 nitrogen and oxygen atoms in total. The number of rotatable bonds is 5. The summed E-state index contributed by atoms with van der Waals surface area (Å²) < 4.78 is 5.14. The lowest BCUT2D eigenvalue weighted by molar-refractivity contribution is -0.148. The molecule has 0 aliphatic carbocycles. The maximum absolute atomic E-state index is 12.2. The van der Waals surface area contributed by atoms with Gasteiger partial charge in [0.05, 0.1) is 0 Å². The Morgan fingerprint density at radius 3 is 2.46 bits per heavy atom.